The fourth-order valence-corrected chi connectivity index (χ4v) is 2.38. The SMILES string of the molecule is CCCCCCCCNC(C)c1ccc(CC)cc1. The lowest BCUT2D eigenvalue weighted by atomic mass is 10.0. The minimum absolute atomic E-state index is 0.474. The molecule has 0 aliphatic heterocycles. The Kier molecular flexibility index (Phi) is 8.57. The van der Waals surface area contributed by atoms with Gasteiger partial charge in [-0.1, -0.05) is 70.2 Å². The van der Waals surface area contributed by atoms with Crippen LogP contribution in [0.4, 0.5) is 0 Å². The number of unbranched alkanes of at least 4 members (excludes halogenated alkanes) is 5. The standard InChI is InChI=1S/C18H31N/c1-4-6-7-8-9-10-15-19-16(3)18-13-11-17(5-2)12-14-18/h11-14,16,19H,4-10,15H2,1-3H3. The van der Waals surface area contributed by atoms with Gasteiger partial charge in [0.2, 0.25) is 0 Å². The summed E-state index contributed by atoms with van der Waals surface area (Å²) < 4.78 is 0. The summed E-state index contributed by atoms with van der Waals surface area (Å²) in [5.41, 5.74) is 2.83. The summed E-state index contributed by atoms with van der Waals surface area (Å²) in [4.78, 5) is 0. The monoisotopic (exact) mass is 261 g/mol. The van der Waals surface area contributed by atoms with Crippen molar-refractivity contribution in [3.05, 3.63) is 35.4 Å². The van der Waals surface area contributed by atoms with Gasteiger partial charge in [-0.25, -0.2) is 0 Å². The molecule has 0 spiro atoms. The van der Waals surface area contributed by atoms with Crippen LogP contribution < -0.4 is 5.32 Å². The summed E-state index contributed by atoms with van der Waals surface area (Å²) in [6, 6.07) is 9.49. The third-order valence-corrected chi connectivity index (χ3v) is 3.87. The van der Waals surface area contributed by atoms with Crippen LogP contribution in [0, 0.1) is 0 Å². The maximum Gasteiger partial charge on any atom is 0.0291 e. The van der Waals surface area contributed by atoms with Gasteiger partial charge in [0.1, 0.15) is 0 Å². The van der Waals surface area contributed by atoms with Crippen molar-refractivity contribution in [1.29, 1.82) is 0 Å². The topological polar surface area (TPSA) is 12.0 Å². The molecule has 1 rings (SSSR count). The van der Waals surface area contributed by atoms with Crippen LogP contribution in [0.3, 0.4) is 0 Å². The van der Waals surface area contributed by atoms with Crippen molar-refractivity contribution in [2.75, 3.05) is 6.54 Å². The minimum atomic E-state index is 0.474. The molecule has 0 fully saturated rings. The van der Waals surface area contributed by atoms with E-state index in [9.17, 15) is 0 Å². The zero-order valence-electron chi connectivity index (χ0n) is 13.0. The molecule has 0 radical (unpaired) electrons. The molecule has 1 aromatic carbocycles. The second-order valence-corrected chi connectivity index (χ2v) is 5.54. The predicted octanol–water partition coefficient (Wildman–Crippen LogP) is 5.26. The first kappa shape index (κ1) is 16.2. The second-order valence-electron chi connectivity index (χ2n) is 5.54. The molecule has 0 aliphatic rings. The van der Waals surface area contributed by atoms with E-state index in [2.05, 4.69) is 50.4 Å². The molecule has 0 saturated heterocycles. The average molecular weight is 261 g/mol. The van der Waals surface area contributed by atoms with Crippen molar-refractivity contribution in [3.8, 4) is 0 Å². The number of nitrogens with one attached hydrogen (secondary N) is 1. The van der Waals surface area contributed by atoms with E-state index in [0.29, 0.717) is 6.04 Å². The molecule has 1 atom stereocenters. The van der Waals surface area contributed by atoms with Crippen LogP contribution in [-0.2, 0) is 6.42 Å². The van der Waals surface area contributed by atoms with E-state index in [1.807, 2.05) is 0 Å². The van der Waals surface area contributed by atoms with E-state index in [4.69, 9.17) is 0 Å². The quantitative estimate of drug-likeness (QED) is 0.566. The molecule has 0 amide bonds. The van der Waals surface area contributed by atoms with E-state index in [1.54, 1.807) is 0 Å². The zero-order valence-corrected chi connectivity index (χ0v) is 13.0. The molecular weight excluding hydrogens is 230 g/mol. The second kappa shape index (κ2) is 10.0. The molecule has 1 heteroatoms. The summed E-state index contributed by atoms with van der Waals surface area (Å²) in [7, 11) is 0. The first-order valence-corrected chi connectivity index (χ1v) is 8.10. The van der Waals surface area contributed by atoms with Crippen molar-refractivity contribution in [3.63, 3.8) is 0 Å². The summed E-state index contributed by atoms with van der Waals surface area (Å²) >= 11 is 0. The highest BCUT2D eigenvalue weighted by Gasteiger charge is 2.03. The van der Waals surface area contributed by atoms with Crippen LogP contribution in [0.1, 0.15) is 76.5 Å². The van der Waals surface area contributed by atoms with Gasteiger partial charge in [-0.15, -0.1) is 0 Å². The number of aryl methyl sites for hydroxylation is 1. The smallest absolute Gasteiger partial charge is 0.0291 e. The van der Waals surface area contributed by atoms with Gasteiger partial charge in [-0.3, -0.25) is 0 Å². The Morgan fingerprint density at radius 2 is 1.53 bits per heavy atom. The van der Waals surface area contributed by atoms with Gasteiger partial charge in [-0.05, 0) is 37.4 Å². The first-order chi connectivity index (χ1) is 9.27. The van der Waals surface area contributed by atoms with Crippen LogP contribution in [0.5, 0.6) is 0 Å². The first-order valence-electron chi connectivity index (χ1n) is 8.10. The Balaban J connectivity index is 2.14. The summed E-state index contributed by atoms with van der Waals surface area (Å²) in [6.45, 7) is 7.88. The molecule has 0 heterocycles. The molecule has 0 bridgehead atoms. The third kappa shape index (κ3) is 6.77. The van der Waals surface area contributed by atoms with E-state index in [-0.39, 0.29) is 0 Å². The highest BCUT2D eigenvalue weighted by molar-refractivity contribution is 5.24. The van der Waals surface area contributed by atoms with Gasteiger partial charge in [0.05, 0.1) is 0 Å². The average Bonchev–Trinajstić information content (AvgIpc) is 2.46. The number of hydrogen-bond acceptors (Lipinski definition) is 1. The van der Waals surface area contributed by atoms with Gasteiger partial charge in [-0.2, -0.15) is 0 Å². The van der Waals surface area contributed by atoms with Crippen molar-refractivity contribution in [1.82, 2.24) is 5.32 Å². The fraction of sp³-hybridized carbons (Fsp3) is 0.667. The Bertz CT molecular complexity index is 315. The van der Waals surface area contributed by atoms with Crippen LogP contribution >= 0.6 is 0 Å². The molecular formula is C18H31N. The normalized spacial score (nSPS) is 12.6. The van der Waals surface area contributed by atoms with E-state index < -0.39 is 0 Å². The van der Waals surface area contributed by atoms with Crippen LogP contribution in [0.25, 0.3) is 0 Å². The van der Waals surface area contributed by atoms with Gasteiger partial charge in [0, 0.05) is 6.04 Å². The lowest BCUT2D eigenvalue weighted by molar-refractivity contribution is 0.527. The van der Waals surface area contributed by atoms with E-state index in [0.717, 1.165) is 13.0 Å². The molecule has 0 saturated carbocycles. The maximum atomic E-state index is 3.63. The van der Waals surface area contributed by atoms with Gasteiger partial charge < -0.3 is 5.32 Å². The molecule has 1 N–H and O–H groups in total. The molecule has 1 nitrogen and oxygen atoms in total. The Labute approximate surface area is 119 Å². The van der Waals surface area contributed by atoms with Crippen molar-refractivity contribution >= 4 is 0 Å². The van der Waals surface area contributed by atoms with Crippen molar-refractivity contribution in [2.24, 2.45) is 0 Å². The highest BCUT2D eigenvalue weighted by atomic mass is 14.9. The Morgan fingerprint density at radius 3 is 2.16 bits per heavy atom. The highest BCUT2D eigenvalue weighted by Crippen LogP contribution is 2.14. The molecule has 108 valence electrons. The van der Waals surface area contributed by atoms with Crippen molar-refractivity contribution < 1.29 is 0 Å². The van der Waals surface area contributed by atoms with Gasteiger partial charge in [0.25, 0.3) is 0 Å². The maximum absolute atomic E-state index is 3.63. The zero-order chi connectivity index (χ0) is 13.9. The number of hydrogen-bond donors (Lipinski definition) is 1. The largest absolute Gasteiger partial charge is 0.310 e. The van der Waals surface area contributed by atoms with Crippen LogP contribution in [0.2, 0.25) is 0 Å². The number of benzene rings is 1. The van der Waals surface area contributed by atoms with Crippen LogP contribution in [-0.4, -0.2) is 6.54 Å². The molecule has 1 aromatic rings. The third-order valence-electron chi connectivity index (χ3n) is 3.87. The summed E-state index contributed by atoms with van der Waals surface area (Å²) in [5, 5.41) is 3.63. The molecule has 19 heavy (non-hydrogen) atoms. The van der Waals surface area contributed by atoms with Crippen LogP contribution in [0.15, 0.2) is 24.3 Å². The van der Waals surface area contributed by atoms with Gasteiger partial charge in [0.15, 0.2) is 0 Å². The number of rotatable bonds is 10. The fourth-order valence-electron chi connectivity index (χ4n) is 2.38. The lowest BCUT2D eigenvalue weighted by Crippen LogP contribution is -2.19. The Morgan fingerprint density at radius 1 is 0.895 bits per heavy atom. The minimum Gasteiger partial charge on any atom is -0.310 e. The summed E-state index contributed by atoms with van der Waals surface area (Å²) in [6.07, 6.45) is 9.34. The van der Waals surface area contributed by atoms with Gasteiger partial charge >= 0.3 is 0 Å². The Hall–Kier alpha value is -0.820. The molecule has 0 aromatic heterocycles. The summed E-state index contributed by atoms with van der Waals surface area (Å²) in [5.74, 6) is 0. The van der Waals surface area contributed by atoms with Crippen molar-refractivity contribution in [2.45, 2.75) is 71.8 Å². The van der Waals surface area contributed by atoms with E-state index in [1.165, 1.54) is 49.7 Å². The lowest BCUT2D eigenvalue weighted by Gasteiger charge is -2.14. The molecule has 0 aliphatic carbocycles. The molecule has 1 unspecified atom stereocenters. The van der Waals surface area contributed by atoms with E-state index >= 15 is 0 Å². The predicted molar refractivity (Wildman–Crippen MR) is 85.6 cm³/mol.